The number of anilines is 1. The molecule has 8 heteroatoms. The number of nitro groups is 1. The van der Waals surface area contributed by atoms with Gasteiger partial charge < -0.3 is 0 Å². The van der Waals surface area contributed by atoms with Gasteiger partial charge in [-0.05, 0) is 13.8 Å². The highest BCUT2D eigenvalue weighted by molar-refractivity contribution is 5.81. The predicted octanol–water partition coefficient (Wildman–Crippen LogP) is 1.74. The van der Waals surface area contributed by atoms with Crippen LogP contribution in [0.3, 0.4) is 0 Å². The van der Waals surface area contributed by atoms with E-state index in [1.165, 1.54) is 18.3 Å². The lowest BCUT2D eigenvalue weighted by atomic mass is 10.2. The largest absolute Gasteiger partial charge is 0.291 e. The van der Waals surface area contributed by atoms with Crippen LogP contribution in [-0.2, 0) is 0 Å². The van der Waals surface area contributed by atoms with Crippen molar-refractivity contribution < 1.29 is 4.92 Å². The Hall–Kier alpha value is -3.03. The zero-order chi connectivity index (χ0) is 15.4. The molecule has 1 aromatic heterocycles. The molecule has 0 aliphatic carbocycles. The second kappa shape index (κ2) is 5.95. The molecule has 0 saturated carbocycles. The van der Waals surface area contributed by atoms with Crippen molar-refractivity contribution in [3.8, 4) is 0 Å². The van der Waals surface area contributed by atoms with Gasteiger partial charge in [0.05, 0.1) is 11.1 Å². The van der Waals surface area contributed by atoms with Gasteiger partial charge in [0, 0.05) is 29.0 Å². The molecule has 0 unspecified atom stereocenters. The molecule has 1 heterocycles. The van der Waals surface area contributed by atoms with Crippen molar-refractivity contribution in [2.75, 3.05) is 5.43 Å². The molecule has 2 N–H and O–H groups in total. The molecule has 0 amide bonds. The Bertz CT molecular complexity index is 767. The molecule has 108 valence electrons. The normalized spacial score (nSPS) is 10.8. The molecule has 0 saturated heterocycles. The fraction of sp³-hybridized carbons (Fsp3) is 0.154. The lowest BCUT2D eigenvalue weighted by molar-refractivity contribution is -0.384. The van der Waals surface area contributed by atoms with Crippen molar-refractivity contribution in [3.63, 3.8) is 0 Å². The Morgan fingerprint density at radius 1 is 1.43 bits per heavy atom. The summed E-state index contributed by atoms with van der Waals surface area (Å²) in [6.45, 7) is 3.40. The van der Waals surface area contributed by atoms with Crippen LogP contribution in [-0.4, -0.2) is 21.1 Å². The second-order valence-electron chi connectivity index (χ2n) is 4.35. The summed E-state index contributed by atoms with van der Waals surface area (Å²) < 4.78 is 0. The molecule has 21 heavy (non-hydrogen) atoms. The van der Waals surface area contributed by atoms with Crippen LogP contribution < -0.4 is 11.0 Å². The zero-order valence-corrected chi connectivity index (χ0v) is 11.5. The number of hydrogen-bond donors (Lipinski definition) is 2. The topological polar surface area (TPSA) is 113 Å². The Morgan fingerprint density at radius 3 is 2.86 bits per heavy atom. The minimum atomic E-state index is -0.479. The summed E-state index contributed by atoms with van der Waals surface area (Å²) in [5.41, 5.74) is 4.03. The Morgan fingerprint density at radius 2 is 2.19 bits per heavy atom. The van der Waals surface area contributed by atoms with E-state index in [0.717, 1.165) is 0 Å². The molecule has 1 aromatic carbocycles. The minimum Gasteiger partial charge on any atom is -0.291 e. The number of rotatable bonds is 4. The van der Waals surface area contributed by atoms with E-state index in [1.807, 2.05) is 0 Å². The number of hydrogen-bond acceptors (Lipinski definition) is 6. The highest BCUT2D eigenvalue weighted by Crippen LogP contribution is 2.11. The molecule has 0 radical (unpaired) electrons. The van der Waals surface area contributed by atoms with Crippen LogP contribution in [0.15, 0.2) is 34.2 Å². The maximum atomic E-state index is 11.6. The molecule has 2 rings (SSSR count). The molecule has 0 spiro atoms. The van der Waals surface area contributed by atoms with Crippen LogP contribution in [0, 0.1) is 24.0 Å². The fourth-order valence-corrected chi connectivity index (χ4v) is 1.58. The van der Waals surface area contributed by atoms with E-state index >= 15 is 0 Å². The average molecular weight is 287 g/mol. The molecule has 0 aliphatic rings. The molecule has 0 aliphatic heterocycles. The first kappa shape index (κ1) is 14.4. The highest BCUT2D eigenvalue weighted by Gasteiger charge is 2.04. The van der Waals surface area contributed by atoms with E-state index < -0.39 is 4.92 Å². The number of aromatic amines is 1. The number of hydrazone groups is 1. The molecular weight excluding hydrogens is 274 g/mol. The Balaban J connectivity index is 2.14. The molecule has 8 nitrogen and oxygen atoms in total. The van der Waals surface area contributed by atoms with Gasteiger partial charge in [0.2, 0.25) is 5.95 Å². The Kier molecular flexibility index (Phi) is 4.07. The first-order valence-electron chi connectivity index (χ1n) is 6.08. The third kappa shape index (κ3) is 3.50. The number of H-pyrrole nitrogens is 1. The molecule has 2 aromatic rings. The smallest absolute Gasteiger partial charge is 0.270 e. The van der Waals surface area contributed by atoms with E-state index in [2.05, 4.69) is 20.5 Å². The second-order valence-corrected chi connectivity index (χ2v) is 4.35. The van der Waals surface area contributed by atoms with Crippen LogP contribution in [0.4, 0.5) is 11.6 Å². The molecule has 0 fully saturated rings. The van der Waals surface area contributed by atoms with Gasteiger partial charge in [-0.3, -0.25) is 19.9 Å². The summed E-state index contributed by atoms with van der Waals surface area (Å²) in [4.78, 5) is 28.4. The summed E-state index contributed by atoms with van der Waals surface area (Å²) >= 11 is 0. The van der Waals surface area contributed by atoms with Gasteiger partial charge in [-0.15, -0.1) is 0 Å². The van der Waals surface area contributed by atoms with E-state index in [1.54, 1.807) is 26.0 Å². The van der Waals surface area contributed by atoms with E-state index in [9.17, 15) is 14.9 Å². The van der Waals surface area contributed by atoms with Crippen LogP contribution >= 0.6 is 0 Å². The lowest BCUT2D eigenvalue weighted by Gasteiger charge is -2.02. The van der Waals surface area contributed by atoms with Crippen molar-refractivity contribution in [2.45, 2.75) is 13.8 Å². The number of nitrogens with one attached hydrogen (secondary N) is 2. The minimum absolute atomic E-state index is 0.0170. The molecule has 0 bridgehead atoms. The average Bonchev–Trinajstić information content (AvgIpc) is 2.45. The SMILES string of the molecule is Cc1nc(N/N=C\c2cccc([N+](=O)[O-])c2)[nH]c(=O)c1C. The first-order chi connectivity index (χ1) is 9.97. The quantitative estimate of drug-likeness (QED) is 0.505. The number of aryl methyl sites for hydroxylation is 1. The number of benzene rings is 1. The Labute approximate surface area is 119 Å². The predicted molar refractivity (Wildman–Crippen MR) is 78.6 cm³/mol. The van der Waals surface area contributed by atoms with Gasteiger partial charge in [0.15, 0.2) is 0 Å². The third-order valence-corrected chi connectivity index (χ3v) is 2.86. The number of nitro benzene ring substituents is 1. The summed E-state index contributed by atoms with van der Waals surface area (Å²) in [5, 5.41) is 14.5. The van der Waals surface area contributed by atoms with Gasteiger partial charge in [0.1, 0.15) is 0 Å². The maximum Gasteiger partial charge on any atom is 0.270 e. The van der Waals surface area contributed by atoms with Crippen LogP contribution in [0.25, 0.3) is 0 Å². The summed E-state index contributed by atoms with van der Waals surface area (Å²) in [5.74, 6) is 0.213. The van der Waals surface area contributed by atoms with Crippen molar-refractivity contribution >= 4 is 17.9 Å². The number of nitrogens with zero attached hydrogens (tertiary/aromatic N) is 3. The van der Waals surface area contributed by atoms with E-state index in [-0.39, 0.29) is 17.2 Å². The highest BCUT2D eigenvalue weighted by atomic mass is 16.6. The van der Waals surface area contributed by atoms with Gasteiger partial charge in [-0.25, -0.2) is 10.4 Å². The van der Waals surface area contributed by atoms with Crippen molar-refractivity contribution in [1.29, 1.82) is 0 Å². The zero-order valence-electron chi connectivity index (χ0n) is 11.5. The van der Waals surface area contributed by atoms with Crippen LogP contribution in [0.5, 0.6) is 0 Å². The van der Waals surface area contributed by atoms with Gasteiger partial charge >= 0.3 is 0 Å². The summed E-state index contributed by atoms with van der Waals surface area (Å²) in [7, 11) is 0. The summed E-state index contributed by atoms with van der Waals surface area (Å²) in [6.07, 6.45) is 1.40. The number of aromatic nitrogens is 2. The van der Waals surface area contributed by atoms with Gasteiger partial charge in [0.25, 0.3) is 11.2 Å². The third-order valence-electron chi connectivity index (χ3n) is 2.86. The monoisotopic (exact) mass is 287 g/mol. The molecule has 0 atom stereocenters. The fourth-order valence-electron chi connectivity index (χ4n) is 1.58. The maximum absolute atomic E-state index is 11.6. The van der Waals surface area contributed by atoms with E-state index in [0.29, 0.717) is 16.8 Å². The molecular formula is C13H13N5O3. The first-order valence-corrected chi connectivity index (χ1v) is 6.08. The summed E-state index contributed by atoms with van der Waals surface area (Å²) in [6, 6.07) is 6.03. The van der Waals surface area contributed by atoms with Crippen molar-refractivity contribution in [3.05, 3.63) is 61.6 Å². The number of non-ortho nitro benzene ring substituents is 1. The van der Waals surface area contributed by atoms with E-state index in [4.69, 9.17) is 0 Å². The lowest BCUT2D eigenvalue weighted by Crippen LogP contribution is -2.15. The van der Waals surface area contributed by atoms with Crippen LogP contribution in [0.1, 0.15) is 16.8 Å². The van der Waals surface area contributed by atoms with Crippen molar-refractivity contribution in [1.82, 2.24) is 9.97 Å². The van der Waals surface area contributed by atoms with Crippen molar-refractivity contribution in [2.24, 2.45) is 5.10 Å². The standard InChI is InChI=1S/C13H13N5O3/c1-8-9(2)15-13(16-12(8)19)17-14-7-10-4-3-5-11(6-10)18(20)21/h3-7H,1-2H3,(H2,15,16,17,19)/b14-7-. The van der Waals surface area contributed by atoms with Gasteiger partial charge in [-0.1, -0.05) is 12.1 Å². The van der Waals surface area contributed by atoms with Gasteiger partial charge in [-0.2, -0.15) is 5.10 Å². The van der Waals surface area contributed by atoms with Crippen LogP contribution in [0.2, 0.25) is 0 Å².